The van der Waals surface area contributed by atoms with Gasteiger partial charge in [0.15, 0.2) is 0 Å². The second-order valence-corrected chi connectivity index (χ2v) is 7.92. The van der Waals surface area contributed by atoms with Crippen LogP contribution >= 0.6 is 0 Å². The fraction of sp³-hybridized carbons (Fsp3) is 0.357. The molecular weight excluding hydrogens is 488 g/mol. The first-order chi connectivity index (χ1) is 18.4. The number of rotatable bonds is 9. The summed E-state index contributed by atoms with van der Waals surface area (Å²) in [7, 11) is 3.89. The molecule has 0 saturated heterocycles. The van der Waals surface area contributed by atoms with Crippen molar-refractivity contribution in [1.82, 2.24) is 20.2 Å². The molecule has 2 unspecified atom stereocenters. The van der Waals surface area contributed by atoms with E-state index in [1.54, 1.807) is 22.9 Å². The second-order valence-electron chi connectivity index (χ2n) is 7.92. The van der Waals surface area contributed by atoms with Crippen LogP contribution in [0.25, 0.3) is 5.69 Å². The van der Waals surface area contributed by atoms with Gasteiger partial charge in [0.05, 0.1) is 0 Å². The molecule has 1 aromatic carbocycles. The predicted octanol–water partition coefficient (Wildman–Crippen LogP) is 3.17. The first-order valence-corrected chi connectivity index (χ1v) is 12.2. The van der Waals surface area contributed by atoms with Crippen molar-refractivity contribution in [3.8, 4) is 5.69 Å². The predicted molar refractivity (Wildman–Crippen MR) is 143 cm³/mol. The number of carbonyl (C=O) groups excluding carboxylic acids is 4. The van der Waals surface area contributed by atoms with Gasteiger partial charge in [-0.1, -0.05) is 57.0 Å². The van der Waals surface area contributed by atoms with Gasteiger partial charge in [-0.15, -0.1) is 0 Å². The standard InChI is InChI=1S/C16H20N2O.C10H16N2O.2CO2/c1-3-7-15(17-2)13-10-11-16(19)18(12-13)14-8-5-4-6-9-14;1-3-4-9(11-2)8-5-6-10(13)12-7-8;2*2-1-3/h4-6,8-12,15,17H,3,7H2,1-2H3;5-7,9,11H,3-4H2,1-2H3,(H,12,13);;. The van der Waals surface area contributed by atoms with Crippen LogP contribution in [0.5, 0.6) is 0 Å². The van der Waals surface area contributed by atoms with E-state index >= 15 is 0 Å². The van der Waals surface area contributed by atoms with E-state index in [1.165, 1.54) is 0 Å². The number of H-pyrrole nitrogens is 1. The van der Waals surface area contributed by atoms with Crippen LogP contribution in [-0.2, 0) is 19.2 Å². The number of benzene rings is 1. The molecule has 0 amide bonds. The fourth-order valence-electron chi connectivity index (χ4n) is 3.67. The maximum Gasteiger partial charge on any atom is 0.373 e. The quantitative estimate of drug-likeness (QED) is 0.387. The third-order valence-electron chi connectivity index (χ3n) is 5.43. The molecule has 3 N–H and O–H groups in total. The summed E-state index contributed by atoms with van der Waals surface area (Å²) in [6.07, 6.45) is 8.60. The number of nitrogens with zero attached hydrogens (tertiary/aromatic N) is 1. The van der Waals surface area contributed by atoms with Crippen LogP contribution in [-0.4, -0.2) is 35.9 Å². The number of hydrogen-bond donors (Lipinski definition) is 3. The highest BCUT2D eigenvalue weighted by atomic mass is 16.2. The molecule has 0 aliphatic carbocycles. The molecule has 10 heteroatoms. The Morgan fingerprint density at radius 3 is 1.71 bits per heavy atom. The molecule has 0 fully saturated rings. The molecule has 0 aliphatic rings. The first-order valence-electron chi connectivity index (χ1n) is 12.2. The van der Waals surface area contributed by atoms with E-state index < -0.39 is 0 Å². The Bertz CT molecular complexity index is 1200. The molecule has 0 bridgehead atoms. The molecule has 2 heterocycles. The Kier molecular flexibility index (Phi) is 18.6. The minimum Gasteiger partial charge on any atom is -0.329 e. The van der Waals surface area contributed by atoms with Crippen LogP contribution in [0, 0.1) is 0 Å². The topological polar surface area (TPSA) is 147 Å². The maximum absolute atomic E-state index is 12.0. The minimum absolute atomic E-state index is 0.00121. The fourth-order valence-corrected chi connectivity index (χ4v) is 3.67. The van der Waals surface area contributed by atoms with Gasteiger partial charge in [0.1, 0.15) is 0 Å². The third kappa shape index (κ3) is 12.7. The van der Waals surface area contributed by atoms with E-state index in [-0.39, 0.29) is 23.4 Å². The maximum atomic E-state index is 12.0. The van der Waals surface area contributed by atoms with Gasteiger partial charge in [0.25, 0.3) is 5.56 Å². The smallest absolute Gasteiger partial charge is 0.329 e. The summed E-state index contributed by atoms with van der Waals surface area (Å²) in [4.78, 5) is 58.0. The molecule has 0 radical (unpaired) electrons. The van der Waals surface area contributed by atoms with Crippen LogP contribution < -0.4 is 21.8 Å². The van der Waals surface area contributed by atoms with Gasteiger partial charge in [0, 0.05) is 42.3 Å². The van der Waals surface area contributed by atoms with E-state index in [2.05, 4.69) is 29.5 Å². The van der Waals surface area contributed by atoms with E-state index in [4.69, 9.17) is 19.2 Å². The lowest BCUT2D eigenvalue weighted by atomic mass is 10.0. The molecule has 3 rings (SSSR count). The molecule has 0 aliphatic heterocycles. The second kappa shape index (κ2) is 20.9. The van der Waals surface area contributed by atoms with Gasteiger partial charge in [0.2, 0.25) is 5.56 Å². The highest BCUT2D eigenvalue weighted by Gasteiger charge is 2.10. The van der Waals surface area contributed by atoms with Crippen molar-refractivity contribution < 1.29 is 19.2 Å². The van der Waals surface area contributed by atoms with Crippen molar-refractivity contribution in [2.45, 2.75) is 51.6 Å². The van der Waals surface area contributed by atoms with Crippen LogP contribution in [0.3, 0.4) is 0 Å². The molecule has 10 nitrogen and oxygen atoms in total. The first kappa shape index (κ1) is 33.8. The summed E-state index contributed by atoms with van der Waals surface area (Å²) >= 11 is 0. The van der Waals surface area contributed by atoms with E-state index in [0.29, 0.717) is 12.1 Å². The number of pyridine rings is 2. The van der Waals surface area contributed by atoms with Gasteiger partial charge in [-0.05, 0) is 50.2 Å². The lowest BCUT2D eigenvalue weighted by Gasteiger charge is -2.17. The number of hydrogen-bond acceptors (Lipinski definition) is 8. The summed E-state index contributed by atoms with van der Waals surface area (Å²) in [6, 6.07) is 17.4. The van der Waals surface area contributed by atoms with Gasteiger partial charge < -0.3 is 15.6 Å². The molecule has 3 aromatic rings. The Morgan fingerprint density at radius 2 is 1.26 bits per heavy atom. The van der Waals surface area contributed by atoms with Crippen molar-refractivity contribution in [1.29, 1.82) is 0 Å². The summed E-state index contributed by atoms with van der Waals surface area (Å²) < 4.78 is 1.70. The Balaban J connectivity index is 0.000000624. The monoisotopic (exact) mass is 524 g/mol. The van der Waals surface area contributed by atoms with Gasteiger partial charge in [-0.3, -0.25) is 14.2 Å². The average molecular weight is 525 g/mol. The molecule has 204 valence electrons. The zero-order valence-corrected chi connectivity index (χ0v) is 22.2. The summed E-state index contributed by atoms with van der Waals surface area (Å²) in [5.41, 5.74) is 3.15. The molecular formula is C28H36N4O6. The lowest BCUT2D eigenvalue weighted by Crippen LogP contribution is -2.22. The van der Waals surface area contributed by atoms with Crippen molar-refractivity contribution in [2.24, 2.45) is 0 Å². The van der Waals surface area contributed by atoms with E-state index in [9.17, 15) is 9.59 Å². The molecule has 2 atom stereocenters. The van der Waals surface area contributed by atoms with Crippen LogP contribution in [0.2, 0.25) is 0 Å². The highest BCUT2D eigenvalue weighted by Crippen LogP contribution is 2.18. The van der Waals surface area contributed by atoms with Gasteiger partial charge in [-0.2, -0.15) is 19.2 Å². The Hall–Kier alpha value is -4.20. The van der Waals surface area contributed by atoms with Gasteiger partial charge >= 0.3 is 12.3 Å². The van der Waals surface area contributed by atoms with Crippen molar-refractivity contribution in [2.75, 3.05) is 14.1 Å². The minimum atomic E-state index is -0.0462. The van der Waals surface area contributed by atoms with Crippen molar-refractivity contribution >= 4 is 12.3 Å². The normalized spacial score (nSPS) is 10.9. The Labute approximate surface area is 222 Å². The van der Waals surface area contributed by atoms with Crippen LogP contribution in [0.15, 0.2) is 76.6 Å². The number of nitrogens with one attached hydrogen (secondary N) is 3. The molecule has 38 heavy (non-hydrogen) atoms. The summed E-state index contributed by atoms with van der Waals surface area (Å²) in [6.45, 7) is 4.31. The zero-order chi connectivity index (χ0) is 28.8. The number of aromatic nitrogens is 2. The van der Waals surface area contributed by atoms with E-state index in [1.807, 2.05) is 62.8 Å². The summed E-state index contributed by atoms with van der Waals surface area (Å²) in [5.74, 6) is 0. The Morgan fingerprint density at radius 1 is 0.763 bits per heavy atom. The zero-order valence-electron chi connectivity index (χ0n) is 22.2. The van der Waals surface area contributed by atoms with E-state index in [0.717, 1.165) is 42.5 Å². The van der Waals surface area contributed by atoms with Gasteiger partial charge in [-0.25, -0.2) is 0 Å². The van der Waals surface area contributed by atoms with Crippen LogP contribution in [0.1, 0.15) is 62.7 Å². The lowest BCUT2D eigenvalue weighted by molar-refractivity contribution is -0.193. The number of aromatic amines is 1. The molecule has 0 spiro atoms. The SMILES string of the molecule is CCCC(NC)c1ccc(=O)[nH]c1.CCCC(NC)c1ccc(=O)n(-c2ccccc2)c1.O=C=O.O=C=O. The third-order valence-corrected chi connectivity index (χ3v) is 5.43. The van der Waals surface area contributed by atoms with Crippen LogP contribution in [0.4, 0.5) is 0 Å². The number of para-hydroxylation sites is 1. The molecule has 0 saturated carbocycles. The molecule has 2 aromatic heterocycles. The average Bonchev–Trinajstić information content (AvgIpc) is 2.93. The highest BCUT2D eigenvalue weighted by molar-refractivity contribution is 5.33. The van der Waals surface area contributed by atoms with Crippen molar-refractivity contribution in [3.05, 3.63) is 98.8 Å². The summed E-state index contributed by atoms with van der Waals surface area (Å²) in [5, 5.41) is 6.52. The largest absolute Gasteiger partial charge is 0.373 e. The van der Waals surface area contributed by atoms with Crippen molar-refractivity contribution in [3.63, 3.8) is 0 Å².